The number of aryl methyl sites for hydroxylation is 1. The van der Waals surface area contributed by atoms with Crippen molar-refractivity contribution in [2.24, 2.45) is 0 Å². The van der Waals surface area contributed by atoms with E-state index in [0.29, 0.717) is 19.6 Å². The Hall–Kier alpha value is -2.90. The third-order valence-corrected chi connectivity index (χ3v) is 4.06. The molecule has 0 radical (unpaired) electrons. The van der Waals surface area contributed by atoms with Gasteiger partial charge in [-0.25, -0.2) is 9.78 Å². The average Bonchev–Trinajstić information content (AvgIpc) is 3.05. The molecule has 1 N–H and O–H groups in total. The van der Waals surface area contributed by atoms with Gasteiger partial charge in [0.15, 0.2) is 0 Å². The molecule has 126 valence electrons. The van der Waals surface area contributed by atoms with Crippen LogP contribution in [0.4, 0.5) is 16.4 Å². The SMILES string of the molecule is CCn1cnc(NC(=O)N2CCN(c3ccccc3)C(=O)[C@H]2C)n1. The second-order valence-electron chi connectivity index (χ2n) is 5.55. The fourth-order valence-electron chi connectivity index (χ4n) is 2.68. The van der Waals surface area contributed by atoms with E-state index in [4.69, 9.17) is 0 Å². The molecule has 0 unspecified atom stereocenters. The maximum Gasteiger partial charge on any atom is 0.325 e. The highest BCUT2D eigenvalue weighted by Crippen LogP contribution is 2.20. The quantitative estimate of drug-likeness (QED) is 0.927. The van der Waals surface area contributed by atoms with E-state index in [1.807, 2.05) is 37.3 Å². The van der Waals surface area contributed by atoms with Gasteiger partial charge in [-0.1, -0.05) is 18.2 Å². The summed E-state index contributed by atoms with van der Waals surface area (Å²) in [5, 5.41) is 6.77. The van der Waals surface area contributed by atoms with E-state index in [2.05, 4.69) is 15.4 Å². The number of amides is 3. The molecule has 1 aromatic carbocycles. The minimum absolute atomic E-state index is 0.102. The van der Waals surface area contributed by atoms with Crippen LogP contribution in [-0.4, -0.2) is 50.7 Å². The molecule has 3 amide bonds. The minimum Gasteiger partial charge on any atom is -0.311 e. The zero-order valence-electron chi connectivity index (χ0n) is 13.7. The predicted octanol–water partition coefficient (Wildman–Crippen LogP) is 1.57. The lowest BCUT2D eigenvalue weighted by Gasteiger charge is -2.38. The third kappa shape index (κ3) is 3.08. The standard InChI is InChI=1S/C16H20N6O2/c1-3-20-11-17-15(19-20)18-16(24)21-9-10-22(14(23)12(21)2)13-7-5-4-6-8-13/h4-8,11-12H,3,9-10H2,1-2H3,(H,18,19,24)/t12-/m1/s1. The van der Waals surface area contributed by atoms with Gasteiger partial charge in [0.25, 0.3) is 0 Å². The molecule has 8 nitrogen and oxygen atoms in total. The Kier molecular flexibility index (Phi) is 4.45. The van der Waals surface area contributed by atoms with Crippen LogP contribution in [0.3, 0.4) is 0 Å². The van der Waals surface area contributed by atoms with Crippen molar-refractivity contribution < 1.29 is 9.59 Å². The normalized spacial score (nSPS) is 17.9. The number of piperazine rings is 1. The number of carbonyl (C=O) groups is 2. The van der Waals surface area contributed by atoms with Crippen LogP contribution >= 0.6 is 0 Å². The summed E-state index contributed by atoms with van der Waals surface area (Å²) in [5.74, 6) is 0.140. The van der Waals surface area contributed by atoms with E-state index in [1.165, 1.54) is 4.90 Å². The summed E-state index contributed by atoms with van der Waals surface area (Å²) in [6.07, 6.45) is 1.55. The van der Waals surface area contributed by atoms with Crippen LogP contribution in [0.15, 0.2) is 36.7 Å². The monoisotopic (exact) mass is 328 g/mol. The smallest absolute Gasteiger partial charge is 0.311 e. The maximum absolute atomic E-state index is 12.6. The van der Waals surface area contributed by atoms with E-state index >= 15 is 0 Å². The predicted molar refractivity (Wildman–Crippen MR) is 89.7 cm³/mol. The number of urea groups is 1. The van der Waals surface area contributed by atoms with Crippen molar-refractivity contribution >= 4 is 23.6 Å². The molecule has 1 fully saturated rings. The van der Waals surface area contributed by atoms with Crippen LogP contribution in [0.25, 0.3) is 0 Å². The third-order valence-electron chi connectivity index (χ3n) is 4.06. The fourth-order valence-corrected chi connectivity index (χ4v) is 2.68. The Morgan fingerprint density at radius 1 is 1.29 bits per heavy atom. The van der Waals surface area contributed by atoms with Crippen molar-refractivity contribution in [2.45, 2.75) is 26.4 Å². The van der Waals surface area contributed by atoms with Gasteiger partial charge in [0.2, 0.25) is 11.9 Å². The van der Waals surface area contributed by atoms with Gasteiger partial charge in [0.05, 0.1) is 0 Å². The van der Waals surface area contributed by atoms with Crippen LogP contribution < -0.4 is 10.2 Å². The molecule has 1 aliphatic heterocycles. The number of carbonyl (C=O) groups excluding carboxylic acids is 2. The number of nitrogens with one attached hydrogen (secondary N) is 1. The Morgan fingerprint density at radius 3 is 2.71 bits per heavy atom. The van der Waals surface area contributed by atoms with Crippen LogP contribution in [0.5, 0.6) is 0 Å². The Labute approximate surface area is 140 Å². The highest BCUT2D eigenvalue weighted by Gasteiger charge is 2.35. The molecular weight excluding hydrogens is 308 g/mol. The lowest BCUT2D eigenvalue weighted by Crippen LogP contribution is -2.58. The molecule has 8 heteroatoms. The Bertz CT molecular complexity index is 729. The van der Waals surface area contributed by atoms with Crippen molar-refractivity contribution in [3.8, 4) is 0 Å². The summed E-state index contributed by atoms with van der Waals surface area (Å²) in [6.45, 7) is 5.24. The van der Waals surface area contributed by atoms with Gasteiger partial charge in [-0.15, -0.1) is 5.10 Å². The van der Waals surface area contributed by atoms with E-state index in [1.54, 1.807) is 22.8 Å². The Balaban J connectivity index is 1.68. The molecule has 0 bridgehead atoms. The molecular formula is C16H20N6O2. The van der Waals surface area contributed by atoms with Crippen LogP contribution in [0.1, 0.15) is 13.8 Å². The second kappa shape index (κ2) is 6.69. The summed E-state index contributed by atoms with van der Waals surface area (Å²) < 4.78 is 1.62. The molecule has 0 spiro atoms. The van der Waals surface area contributed by atoms with Crippen molar-refractivity contribution in [2.75, 3.05) is 23.3 Å². The average molecular weight is 328 g/mol. The molecule has 2 heterocycles. The number of para-hydroxylation sites is 1. The molecule has 2 aromatic rings. The largest absolute Gasteiger partial charge is 0.325 e. The summed E-state index contributed by atoms with van der Waals surface area (Å²) in [5.41, 5.74) is 0.845. The number of hydrogen-bond acceptors (Lipinski definition) is 4. The first-order valence-corrected chi connectivity index (χ1v) is 7.93. The van der Waals surface area contributed by atoms with Gasteiger partial charge < -0.3 is 9.80 Å². The van der Waals surface area contributed by atoms with Crippen LogP contribution in [-0.2, 0) is 11.3 Å². The van der Waals surface area contributed by atoms with Crippen molar-refractivity contribution in [1.82, 2.24) is 19.7 Å². The van der Waals surface area contributed by atoms with E-state index in [-0.39, 0.29) is 17.9 Å². The van der Waals surface area contributed by atoms with Crippen molar-refractivity contribution in [1.29, 1.82) is 0 Å². The zero-order chi connectivity index (χ0) is 17.1. The van der Waals surface area contributed by atoms with Gasteiger partial charge in [-0.2, -0.15) is 0 Å². The van der Waals surface area contributed by atoms with Gasteiger partial charge in [0.1, 0.15) is 12.4 Å². The molecule has 0 aliphatic carbocycles. The minimum atomic E-state index is -0.549. The van der Waals surface area contributed by atoms with Gasteiger partial charge in [-0.05, 0) is 26.0 Å². The van der Waals surface area contributed by atoms with Crippen LogP contribution in [0.2, 0.25) is 0 Å². The van der Waals surface area contributed by atoms with Crippen LogP contribution in [0, 0.1) is 0 Å². The molecule has 0 saturated carbocycles. The number of benzene rings is 1. The first kappa shape index (κ1) is 16.0. The number of rotatable bonds is 3. The topological polar surface area (TPSA) is 83.4 Å². The summed E-state index contributed by atoms with van der Waals surface area (Å²) >= 11 is 0. The Morgan fingerprint density at radius 2 is 2.04 bits per heavy atom. The lowest BCUT2D eigenvalue weighted by atomic mass is 10.1. The van der Waals surface area contributed by atoms with Gasteiger partial charge in [-0.3, -0.25) is 14.8 Å². The maximum atomic E-state index is 12.6. The second-order valence-corrected chi connectivity index (χ2v) is 5.55. The molecule has 24 heavy (non-hydrogen) atoms. The van der Waals surface area contributed by atoms with Gasteiger partial charge >= 0.3 is 6.03 Å². The first-order valence-electron chi connectivity index (χ1n) is 7.93. The number of hydrogen-bond donors (Lipinski definition) is 1. The lowest BCUT2D eigenvalue weighted by molar-refractivity contribution is -0.123. The molecule has 3 rings (SSSR count). The fraction of sp³-hybridized carbons (Fsp3) is 0.375. The van der Waals surface area contributed by atoms with Crippen molar-refractivity contribution in [3.05, 3.63) is 36.7 Å². The van der Waals surface area contributed by atoms with Crippen molar-refractivity contribution in [3.63, 3.8) is 0 Å². The molecule has 1 saturated heterocycles. The molecule has 1 atom stereocenters. The van der Waals surface area contributed by atoms with E-state index in [9.17, 15) is 9.59 Å². The summed E-state index contributed by atoms with van der Waals surface area (Å²) in [4.78, 5) is 32.3. The molecule has 1 aliphatic rings. The summed E-state index contributed by atoms with van der Waals surface area (Å²) in [7, 11) is 0. The van der Waals surface area contributed by atoms with E-state index < -0.39 is 6.04 Å². The number of anilines is 2. The highest BCUT2D eigenvalue weighted by atomic mass is 16.2. The number of aromatic nitrogens is 3. The first-order chi connectivity index (χ1) is 11.6. The van der Waals surface area contributed by atoms with Gasteiger partial charge in [0, 0.05) is 25.3 Å². The number of nitrogens with zero attached hydrogens (tertiary/aromatic N) is 5. The zero-order valence-corrected chi connectivity index (χ0v) is 13.7. The summed E-state index contributed by atoms with van der Waals surface area (Å²) in [6, 6.07) is 8.56. The van der Waals surface area contributed by atoms with E-state index in [0.717, 1.165) is 5.69 Å². The highest BCUT2D eigenvalue weighted by molar-refractivity contribution is 6.01. The molecule has 1 aromatic heterocycles.